The summed E-state index contributed by atoms with van der Waals surface area (Å²) in [5.74, 6) is -2.96. The van der Waals surface area contributed by atoms with E-state index in [0.29, 0.717) is 5.56 Å². The van der Waals surface area contributed by atoms with Gasteiger partial charge in [0.15, 0.2) is 11.5 Å². The molecule has 9 heteroatoms. The number of esters is 2. The summed E-state index contributed by atoms with van der Waals surface area (Å²) in [6, 6.07) is 11.4. The van der Waals surface area contributed by atoms with Crippen LogP contribution < -0.4 is 9.47 Å². The molecule has 0 saturated heterocycles. The molecule has 0 radical (unpaired) electrons. The number of carbonyl (C=O) groups is 4. The molecule has 0 saturated carbocycles. The minimum atomic E-state index is -1.17. The number of hydrogen-bond donors (Lipinski definition) is 0. The van der Waals surface area contributed by atoms with Gasteiger partial charge in [0.05, 0.1) is 25.3 Å². The van der Waals surface area contributed by atoms with Gasteiger partial charge in [-0.05, 0) is 41.8 Å². The predicted octanol–water partition coefficient (Wildman–Crippen LogP) is 3.00. The molecule has 3 rings (SSSR count). The van der Waals surface area contributed by atoms with E-state index in [0.717, 1.165) is 12.0 Å². The Bertz CT molecular complexity index is 1210. The minimum Gasteiger partial charge on any atom is -0.493 e. The minimum absolute atomic E-state index is 0.0449. The molecule has 0 fully saturated rings. The largest absolute Gasteiger partial charge is 0.493 e. The van der Waals surface area contributed by atoms with Crippen LogP contribution >= 0.6 is 0 Å². The number of benzene rings is 2. The summed E-state index contributed by atoms with van der Waals surface area (Å²) < 4.78 is 15.4. The van der Waals surface area contributed by atoms with E-state index in [1.807, 2.05) is 0 Å². The van der Waals surface area contributed by atoms with Gasteiger partial charge in [0.1, 0.15) is 17.7 Å². The molecule has 34 heavy (non-hydrogen) atoms. The summed E-state index contributed by atoms with van der Waals surface area (Å²) in [6.45, 7) is 3.41. The molecule has 1 unspecified atom stereocenters. The molecule has 1 aliphatic heterocycles. The van der Waals surface area contributed by atoms with Crippen molar-refractivity contribution in [1.29, 1.82) is 5.26 Å². The van der Waals surface area contributed by atoms with Gasteiger partial charge in [-0.15, -0.1) is 0 Å². The number of amides is 2. The summed E-state index contributed by atoms with van der Waals surface area (Å²) in [5.41, 5.74) is 0.677. The predicted molar refractivity (Wildman–Crippen MR) is 120 cm³/mol. The molecule has 0 N–H and O–H groups in total. The van der Waals surface area contributed by atoms with Gasteiger partial charge in [0.25, 0.3) is 11.8 Å². The quantitative estimate of drug-likeness (QED) is 0.202. The number of methoxy groups -OCH3 is 2. The first kappa shape index (κ1) is 24.2. The van der Waals surface area contributed by atoms with E-state index in [1.54, 1.807) is 32.0 Å². The molecule has 174 valence electrons. The zero-order chi connectivity index (χ0) is 25.0. The van der Waals surface area contributed by atoms with Crippen LogP contribution in [0.5, 0.6) is 11.5 Å². The molecule has 0 bridgehead atoms. The number of rotatable bonds is 7. The van der Waals surface area contributed by atoms with Crippen LogP contribution in [0, 0.1) is 17.2 Å². The number of nitriles is 1. The topological polar surface area (TPSA) is 123 Å². The van der Waals surface area contributed by atoms with Crippen molar-refractivity contribution in [3.63, 3.8) is 0 Å². The van der Waals surface area contributed by atoms with Crippen molar-refractivity contribution in [3.05, 3.63) is 64.7 Å². The summed E-state index contributed by atoms with van der Waals surface area (Å²) in [6.07, 6.45) is 1.30. The lowest BCUT2D eigenvalue weighted by atomic mass is 10.0. The van der Waals surface area contributed by atoms with Gasteiger partial charge in [0, 0.05) is 0 Å². The molecular weight excluding hydrogens is 440 g/mol. The smallest absolute Gasteiger partial charge is 0.348 e. The van der Waals surface area contributed by atoms with Crippen molar-refractivity contribution < 1.29 is 33.4 Å². The molecule has 1 heterocycles. The zero-order valence-corrected chi connectivity index (χ0v) is 19.0. The van der Waals surface area contributed by atoms with Crippen LogP contribution in [0.4, 0.5) is 0 Å². The molecule has 0 aliphatic carbocycles. The van der Waals surface area contributed by atoms with Gasteiger partial charge >= 0.3 is 11.9 Å². The fourth-order valence-electron chi connectivity index (χ4n) is 3.58. The Morgan fingerprint density at radius 3 is 2.12 bits per heavy atom. The van der Waals surface area contributed by atoms with Crippen molar-refractivity contribution in [2.24, 2.45) is 5.92 Å². The molecule has 2 aromatic rings. The Hall–Kier alpha value is -4.45. The van der Waals surface area contributed by atoms with E-state index in [-0.39, 0.29) is 28.2 Å². The van der Waals surface area contributed by atoms with Crippen molar-refractivity contribution in [3.8, 4) is 17.6 Å². The van der Waals surface area contributed by atoms with E-state index >= 15 is 0 Å². The number of imide groups is 1. The van der Waals surface area contributed by atoms with Crippen LogP contribution in [0.3, 0.4) is 0 Å². The second-order valence-electron chi connectivity index (χ2n) is 7.71. The molecule has 1 atom stereocenters. The molecule has 0 aromatic heterocycles. The first-order valence-corrected chi connectivity index (χ1v) is 10.3. The Morgan fingerprint density at radius 2 is 1.62 bits per heavy atom. The molecule has 0 spiro atoms. The zero-order valence-electron chi connectivity index (χ0n) is 19.0. The number of hydrogen-bond acceptors (Lipinski definition) is 8. The third kappa shape index (κ3) is 4.52. The summed E-state index contributed by atoms with van der Waals surface area (Å²) >= 11 is 0. The van der Waals surface area contributed by atoms with Crippen molar-refractivity contribution in [2.45, 2.75) is 19.9 Å². The first-order chi connectivity index (χ1) is 16.2. The Morgan fingerprint density at radius 1 is 1.00 bits per heavy atom. The van der Waals surface area contributed by atoms with Crippen molar-refractivity contribution in [2.75, 3.05) is 14.2 Å². The summed E-state index contributed by atoms with van der Waals surface area (Å²) in [7, 11) is 2.52. The molecule has 2 amide bonds. The Labute approximate surface area is 196 Å². The van der Waals surface area contributed by atoms with Gasteiger partial charge in [-0.2, -0.15) is 5.26 Å². The van der Waals surface area contributed by atoms with Crippen molar-refractivity contribution in [1.82, 2.24) is 4.90 Å². The van der Waals surface area contributed by atoms with Crippen LogP contribution in [-0.2, 0) is 14.3 Å². The summed E-state index contributed by atoms with van der Waals surface area (Å²) in [4.78, 5) is 51.5. The lowest BCUT2D eigenvalue weighted by Crippen LogP contribution is -2.49. The lowest BCUT2D eigenvalue weighted by Gasteiger charge is -2.27. The van der Waals surface area contributed by atoms with Crippen LogP contribution in [0.15, 0.2) is 48.0 Å². The van der Waals surface area contributed by atoms with E-state index in [2.05, 4.69) is 4.74 Å². The van der Waals surface area contributed by atoms with Crippen LogP contribution in [0.2, 0.25) is 0 Å². The maximum atomic E-state index is 13.1. The number of ether oxygens (including phenoxy) is 3. The fraction of sp³-hybridized carbons (Fsp3) is 0.240. The molecule has 2 aromatic carbocycles. The van der Waals surface area contributed by atoms with E-state index in [4.69, 9.17) is 14.7 Å². The van der Waals surface area contributed by atoms with Crippen molar-refractivity contribution >= 4 is 29.8 Å². The maximum absolute atomic E-state index is 13.1. The average molecular weight is 462 g/mol. The van der Waals surface area contributed by atoms with Crippen LogP contribution in [-0.4, -0.2) is 48.9 Å². The molecule has 9 nitrogen and oxygen atoms in total. The van der Waals surface area contributed by atoms with Crippen LogP contribution in [0.25, 0.3) is 6.08 Å². The fourth-order valence-corrected chi connectivity index (χ4v) is 3.58. The van der Waals surface area contributed by atoms with Gasteiger partial charge in [-0.3, -0.25) is 14.5 Å². The van der Waals surface area contributed by atoms with E-state index in [9.17, 15) is 19.2 Å². The number of nitrogens with zero attached hydrogens (tertiary/aromatic N) is 2. The second-order valence-corrected chi connectivity index (χ2v) is 7.71. The highest BCUT2D eigenvalue weighted by Crippen LogP contribution is 2.32. The highest BCUT2D eigenvalue weighted by Gasteiger charge is 2.45. The molecule has 1 aliphatic rings. The van der Waals surface area contributed by atoms with E-state index in [1.165, 1.54) is 43.5 Å². The summed E-state index contributed by atoms with van der Waals surface area (Å²) in [5, 5.41) is 9.13. The van der Waals surface area contributed by atoms with E-state index < -0.39 is 35.7 Å². The lowest BCUT2D eigenvalue weighted by molar-refractivity contribution is -0.140. The first-order valence-electron chi connectivity index (χ1n) is 10.3. The van der Waals surface area contributed by atoms with Crippen LogP contribution in [0.1, 0.15) is 40.1 Å². The second kappa shape index (κ2) is 10.0. The monoisotopic (exact) mass is 462 g/mol. The van der Waals surface area contributed by atoms with Gasteiger partial charge in [-0.1, -0.05) is 32.0 Å². The SMILES string of the molecule is COC(=O)C(C#N)=Cc1ccc(OC(=O)C(C(C)C)N2C(=O)c3ccccc3C2=O)c(OC)c1. The van der Waals surface area contributed by atoms with Gasteiger partial charge < -0.3 is 14.2 Å². The number of fused-ring (bicyclic) bond motifs is 1. The van der Waals surface area contributed by atoms with Gasteiger partial charge in [0.2, 0.25) is 0 Å². The maximum Gasteiger partial charge on any atom is 0.348 e. The standard InChI is InChI=1S/C25H22N2O7/c1-14(2)21(27-22(28)17-7-5-6-8-18(17)23(27)29)25(31)34-19-10-9-15(12-20(19)32-3)11-16(13-26)24(30)33-4/h5-12,14,21H,1-4H3. The third-order valence-corrected chi connectivity index (χ3v) is 5.21. The van der Waals surface area contributed by atoms with Gasteiger partial charge in [-0.25, -0.2) is 9.59 Å². The highest BCUT2D eigenvalue weighted by atomic mass is 16.6. The third-order valence-electron chi connectivity index (χ3n) is 5.21. The number of carbonyl (C=O) groups excluding carboxylic acids is 4. The Balaban J connectivity index is 1.90. The molecular formula is C25H22N2O7. The normalized spacial score (nSPS) is 13.9. The highest BCUT2D eigenvalue weighted by molar-refractivity contribution is 6.22. The Kier molecular flexibility index (Phi) is 7.12. The average Bonchev–Trinajstić information content (AvgIpc) is 3.08.